The summed E-state index contributed by atoms with van der Waals surface area (Å²) in [5.74, 6) is 2.09. The minimum atomic E-state index is -0.00375. The molecule has 0 amide bonds. The van der Waals surface area contributed by atoms with Crippen molar-refractivity contribution in [3.63, 3.8) is 0 Å². The standard InChI is InChI=1S/C6H12OS2/c1-3-9-4-5(2)6(7)8/h5H,3-4H2,1-2H3,(H,7,8). The van der Waals surface area contributed by atoms with Crippen molar-refractivity contribution in [1.29, 1.82) is 0 Å². The Morgan fingerprint density at radius 3 is 2.67 bits per heavy atom. The van der Waals surface area contributed by atoms with E-state index in [2.05, 4.69) is 19.6 Å². The Bertz CT molecular complexity index is 93.1. The van der Waals surface area contributed by atoms with Crippen LogP contribution in [-0.2, 0) is 4.79 Å². The average Bonchev–Trinajstić information content (AvgIpc) is 1.82. The van der Waals surface area contributed by atoms with Gasteiger partial charge in [0.05, 0.1) is 0 Å². The van der Waals surface area contributed by atoms with Gasteiger partial charge in [-0.1, -0.05) is 13.8 Å². The van der Waals surface area contributed by atoms with Crippen molar-refractivity contribution in [2.75, 3.05) is 11.5 Å². The molecule has 0 N–H and O–H groups in total. The topological polar surface area (TPSA) is 17.1 Å². The molecule has 0 saturated carbocycles. The minimum Gasteiger partial charge on any atom is -0.287 e. The summed E-state index contributed by atoms with van der Waals surface area (Å²) < 4.78 is 0. The van der Waals surface area contributed by atoms with Gasteiger partial charge in [-0.05, 0) is 5.75 Å². The van der Waals surface area contributed by atoms with E-state index >= 15 is 0 Å². The molecular formula is C6H12OS2. The van der Waals surface area contributed by atoms with Crippen molar-refractivity contribution in [2.24, 2.45) is 5.92 Å². The zero-order valence-corrected chi connectivity index (χ0v) is 7.47. The van der Waals surface area contributed by atoms with Crippen LogP contribution in [0.25, 0.3) is 0 Å². The van der Waals surface area contributed by atoms with Crippen LogP contribution < -0.4 is 0 Å². The molecule has 0 bridgehead atoms. The second-order valence-electron chi connectivity index (χ2n) is 1.90. The molecular weight excluding hydrogens is 152 g/mol. The molecule has 0 aliphatic rings. The van der Waals surface area contributed by atoms with Crippen molar-refractivity contribution >= 4 is 29.5 Å². The number of thioether (sulfide) groups is 1. The second-order valence-corrected chi connectivity index (χ2v) is 3.66. The predicted molar refractivity (Wildman–Crippen MR) is 46.2 cm³/mol. The lowest BCUT2D eigenvalue weighted by Gasteiger charge is -2.02. The molecule has 0 aliphatic heterocycles. The first-order chi connectivity index (χ1) is 4.18. The number of thiol groups is 1. The molecule has 0 saturated heterocycles. The van der Waals surface area contributed by atoms with E-state index in [0.29, 0.717) is 0 Å². The van der Waals surface area contributed by atoms with E-state index in [-0.39, 0.29) is 11.0 Å². The van der Waals surface area contributed by atoms with Crippen LogP contribution in [0.15, 0.2) is 0 Å². The molecule has 1 atom stereocenters. The van der Waals surface area contributed by atoms with Gasteiger partial charge in [0.15, 0.2) is 5.12 Å². The smallest absolute Gasteiger partial charge is 0.189 e. The van der Waals surface area contributed by atoms with Crippen molar-refractivity contribution in [1.82, 2.24) is 0 Å². The first-order valence-electron chi connectivity index (χ1n) is 2.99. The number of carbonyl (C=O) groups is 1. The highest BCUT2D eigenvalue weighted by Gasteiger charge is 2.06. The molecule has 0 aliphatic carbocycles. The summed E-state index contributed by atoms with van der Waals surface area (Å²) in [6.07, 6.45) is 0. The third-order valence-electron chi connectivity index (χ3n) is 0.994. The van der Waals surface area contributed by atoms with Gasteiger partial charge in [-0.2, -0.15) is 11.8 Å². The largest absolute Gasteiger partial charge is 0.287 e. The Morgan fingerprint density at radius 1 is 1.78 bits per heavy atom. The second kappa shape index (κ2) is 5.18. The summed E-state index contributed by atoms with van der Waals surface area (Å²) in [5, 5.41) is -0.00375. The SMILES string of the molecule is CCSCC(C)C(=O)S. The molecule has 0 aromatic rings. The molecule has 0 aromatic heterocycles. The minimum absolute atomic E-state index is 0.00375. The maximum Gasteiger partial charge on any atom is 0.189 e. The summed E-state index contributed by atoms with van der Waals surface area (Å²) in [5.41, 5.74) is 0. The molecule has 1 nitrogen and oxygen atoms in total. The summed E-state index contributed by atoms with van der Waals surface area (Å²) in [6.45, 7) is 3.98. The van der Waals surface area contributed by atoms with Gasteiger partial charge in [0.25, 0.3) is 0 Å². The number of hydrogen-bond donors (Lipinski definition) is 1. The summed E-state index contributed by atoms with van der Waals surface area (Å²) in [6, 6.07) is 0. The molecule has 0 radical (unpaired) electrons. The highest BCUT2D eigenvalue weighted by Crippen LogP contribution is 2.09. The Labute approximate surface area is 66.0 Å². The lowest BCUT2D eigenvalue weighted by molar-refractivity contribution is -0.113. The maximum atomic E-state index is 10.5. The highest BCUT2D eigenvalue weighted by atomic mass is 32.2. The van der Waals surface area contributed by atoms with E-state index in [1.165, 1.54) is 0 Å². The van der Waals surface area contributed by atoms with Crippen LogP contribution in [0.5, 0.6) is 0 Å². The number of hydrogen-bond acceptors (Lipinski definition) is 2. The summed E-state index contributed by atoms with van der Waals surface area (Å²) in [7, 11) is 0. The van der Waals surface area contributed by atoms with Crippen LogP contribution in [-0.4, -0.2) is 16.6 Å². The van der Waals surface area contributed by atoms with Crippen molar-refractivity contribution in [3.05, 3.63) is 0 Å². The zero-order valence-electron chi connectivity index (χ0n) is 5.76. The fraction of sp³-hybridized carbons (Fsp3) is 0.833. The van der Waals surface area contributed by atoms with Crippen molar-refractivity contribution < 1.29 is 4.79 Å². The molecule has 9 heavy (non-hydrogen) atoms. The monoisotopic (exact) mass is 164 g/mol. The van der Waals surface area contributed by atoms with Gasteiger partial charge in [0.2, 0.25) is 0 Å². The molecule has 0 heterocycles. The van der Waals surface area contributed by atoms with E-state index in [9.17, 15) is 4.79 Å². The fourth-order valence-electron chi connectivity index (χ4n) is 0.366. The molecule has 0 rings (SSSR count). The van der Waals surface area contributed by atoms with Gasteiger partial charge >= 0.3 is 0 Å². The Hall–Kier alpha value is 0.370. The molecule has 54 valence electrons. The first kappa shape index (κ1) is 9.37. The van der Waals surface area contributed by atoms with Crippen molar-refractivity contribution in [2.45, 2.75) is 13.8 Å². The van der Waals surface area contributed by atoms with Gasteiger partial charge in [0, 0.05) is 11.7 Å². The average molecular weight is 164 g/mol. The van der Waals surface area contributed by atoms with E-state index in [0.717, 1.165) is 11.5 Å². The third kappa shape index (κ3) is 4.85. The summed E-state index contributed by atoms with van der Waals surface area (Å²) >= 11 is 5.49. The van der Waals surface area contributed by atoms with E-state index < -0.39 is 0 Å². The van der Waals surface area contributed by atoms with Gasteiger partial charge in [0.1, 0.15) is 0 Å². The number of rotatable bonds is 4. The van der Waals surface area contributed by atoms with Crippen LogP contribution in [0.3, 0.4) is 0 Å². The van der Waals surface area contributed by atoms with Crippen LogP contribution in [0.4, 0.5) is 0 Å². The first-order valence-corrected chi connectivity index (χ1v) is 4.59. The predicted octanol–water partition coefficient (Wildman–Crippen LogP) is 1.83. The molecule has 0 fully saturated rings. The molecule has 3 heteroatoms. The number of carbonyl (C=O) groups excluding carboxylic acids is 1. The van der Waals surface area contributed by atoms with E-state index in [1.54, 1.807) is 11.8 Å². The lowest BCUT2D eigenvalue weighted by Crippen LogP contribution is -2.06. The Kier molecular flexibility index (Phi) is 5.39. The maximum absolute atomic E-state index is 10.5. The van der Waals surface area contributed by atoms with Crippen LogP contribution >= 0.6 is 24.4 Å². The van der Waals surface area contributed by atoms with Crippen LogP contribution in [0.1, 0.15) is 13.8 Å². The van der Waals surface area contributed by atoms with Crippen LogP contribution in [0.2, 0.25) is 0 Å². The summed E-state index contributed by atoms with van der Waals surface area (Å²) in [4.78, 5) is 10.5. The van der Waals surface area contributed by atoms with Gasteiger partial charge < -0.3 is 0 Å². The van der Waals surface area contributed by atoms with Gasteiger partial charge in [-0.3, -0.25) is 4.79 Å². The van der Waals surface area contributed by atoms with Gasteiger partial charge in [-0.15, -0.1) is 12.6 Å². The lowest BCUT2D eigenvalue weighted by atomic mass is 10.2. The third-order valence-corrected chi connectivity index (χ3v) is 2.58. The molecule has 0 aromatic carbocycles. The van der Waals surface area contributed by atoms with Gasteiger partial charge in [-0.25, -0.2) is 0 Å². The van der Waals surface area contributed by atoms with Crippen molar-refractivity contribution in [3.8, 4) is 0 Å². The molecule has 1 unspecified atom stereocenters. The quantitative estimate of drug-likeness (QED) is 0.638. The highest BCUT2D eigenvalue weighted by molar-refractivity contribution is 7.99. The fourth-order valence-corrected chi connectivity index (χ4v) is 1.32. The van der Waals surface area contributed by atoms with Crippen LogP contribution in [0, 0.1) is 5.92 Å². The zero-order chi connectivity index (χ0) is 7.28. The molecule has 0 spiro atoms. The Balaban J connectivity index is 3.27. The van der Waals surface area contributed by atoms with E-state index in [4.69, 9.17) is 0 Å². The Morgan fingerprint density at radius 2 is 2.33 bits per heavy atom. The normalized spacial score (nSPS) is 13.2. The van der Waals surface area contributed by atoms with E-state index in [1.807, 2.05) is 6.92 Å².